The van der Waals surface area contributed by atoms with Crippen LogP contribution in [0.3, 0.4) is 0 Å². The fraction of sp³-hybridized carbons (Fsp3) is 0. The van der Waals surface area contributed by atoms with E-state index in [1.54, 1.807) is 0 Å². The van der Waals surface area contributed by atoms with Crippen molar-refractivity contribution in [1.82, 2.24) is 4.98 Å². The highest BCUT2D eigenvalue weighted by molar-refractivity contribution is 14.1. The van der Waals surface area contributed by atoms with Crippen molar-refractivity contribution in [3.8, 4) is 0 Å². The zero-order valence-electron chi connectivity index (χ0n) is 6.09. The maximum absolute atomic E-state index is 4.38. The molecular weight excluding hydrogens is 329 g/mol. The molecule has 0 spiro atoms. The van der Waals surface area contributed by atoms with E-state index >= 15 is 0 Å². The van der Waals surface area contributed by atoms with Gasteiger partial charge < -0.3 is 0 Å². The third-order valence-corrected chi connectivity index (χ3v) is 2.95. The summed E-state index contributed by atoms with van der Waals surface area (Å²) in [6, 6.07) is 10.2. The maximum atomic E-state index is 4.38. The van der Waals surface area contributed by atoms with Gasteiger partial charge in [0.05, 0.1) is 5.52 Å². The molecule has 0 amide bonds. The molecule has 0 aliphatic rings. The van der Waals surface area contributed by atoms with Crippen LogP contribution in [0.1, 0.15) is 0 Å². The Bertz CT molecular complexity index is 428. The second-order valence-corrected chi connectivity index (χ2v) is 4.42. The topological polar surface area (TPSA) is 12.9 Å². The van der Waals surface area contributed by atoms with Crippen molar-refractivity contribution >= 4 is 49.4 Å². The van der Waals surface area contributed by atoms with Crippen LogP contribution in [-0.4, -0.2) is 4.98 Å². The first kappa shape index (κ1) is 8.44. The molecule has 0 aliphatic carbocycles. The SMILES string of the molecule is Brc1ccc2cccc(I)c2n1. The minimum absolute atomic E-state index is 0.888. The average molecular weight is 334 g/mol. The lowest BCUT2D eigenvalue weighted by Crippen LogP contribution is -1.82. The number of hydrogen-bond acceptors (Lipinski definition) is 1. The van der Waals surface area contributed by atoms with Crippen LogP contribution in [0, 0.1) is 3.57 Å². The molecule has 0 N–H and O–H groups in total. The van der Waals surface area contributed by atoms with Gasteiger partial charge >= 0.3 is 0 Å². The van der Waals surface area contributed by atoms with Gasteiger partial charge in [-0.1, -0.05) is 18.2 Å². The Morgan fingerprint density at radius 2 is 2.00 bits per heavy atom. The van der Waals surface area contributed by atoms with Crippen molar-refractivity contribution in [2.45, 2.75) is 0 Å². The molecule has 3 heteroatoms. The second kappa shape index (κ2) is 3.30. The molecule has 0 unspecified atom stereocenters. The van der Waals surface area contributed by atoms with Crippen LogP contribution in [0.25, 0.3) is 10.9 Å². The van der Waals surface area contributed by atoms with Crippen molar-refractivity contribution in [3.63, 3.8) is 0 Å². The van der Waals surface area contributed by atoms with E-state index < -0.39 is 0 Å². The fourth-order valence-corrected chi connectivity index (χ4v) is 2.04. The summed E-state index contributed by atoms with van der Waals surface area (Å²) in [7, 11) is 0. The third kappa shape index (κ3) is 1.47. The van der Waals surface area contributed by atoms with E-state index in [-0.39, 0.29) is 0 Å². The van der Waals surface area contributed by atoms with E-state index in [1.807, 2.05) is 12.1 Å². The van der Waals surface area contributed by atoms with Crippen molar-refractivity contribution < 1.29 is 0 Å². The quantitative estimate of drug-likeness (QED) is 0.530. The number of aromatic nitrogens is 1. The van der Waals surface area contributed by atoms with E-state index in [4.69, 9.17) is 0 Å². The zero-order valence-corrected chi connectivity index (χ0v) is 9.83. The molecule has 1 aromatic carbocycles. The lowest BCUT2D eigenvalue weighted by molar-refractivity contribution is 1.34. The van der Waals surface area contributed by atoms with Crippen LogP contribution >= 0.6 is 38.5 Å². The van der Waals surface area contributed by atoms with E-state index in [9.17, 15) is 0 Å². The van der Waals surface area contributed by atoms with E-state index in [1.165, 1.54) is 8.96 Å². The van der Waals surface area contributed by atoms with Crippen LogP contribution < -0.4 is 0 Å². The standard InChI is InChI=1S/C9H5BrIN/c10-8-5-4-6-2-1-3-7(11)9(6)12-8/h1-5H. The number of pyridine rings is 1. The van der Waals surface area contributed by atoms with Gasteiger partial charge in [-0.15, -0.1) is 0 Å². The minimum Gasteiger partial charge on any atom is -0.240 e. The Hall–Kier alpha value is -0.160. The molecular formula is C9H5BrIN. The number of hydrogen-bond donors (Lipinski definition) is 0. The zero-order chi connectivity index (χ0) is 8.55. The van der Waals surface area contributed by atoms with Crippen LogP contribution in [-0.2, 0) is 0 Å². The normalized spacial score (nSPS) is 10.5. The molecule has 2 aromatic rings. The van der Waals surface area contributed by atoms with Crippen molar-refractivity contribution in [2.75, 3.05) is 0 Å². The maximum Gasteiger partial charge on any atom is 0.106 e. The number of fused-ring (bicyclic) bond motifs is 1. The van der Waals surface area contributed by atoms with E-state index in [0.717, 1.165) is 10.1 Å². The molecule has 0 saturated heterocycles. The molecule has 1 nitrogen and oxygen atoms in total. The van der Waals surface area contributed by atoms with Gasteiger partial charge in [0.25, 0.3) is 0 Å². The molecule has 0 atom stereocenters. The van der Waals surface area contributed by atoms with Crippen molar-refractivity contribution in [3.05, 3.63) is 38.5 Å². The smallest absolute Gasteiger partial charge is 0.106 e. The highest BCUT2D eigenvalue weighted by Gasteiger charge is 1.98. The molecule has 0 saturated carbocycles. The number of nitrogens with zero attached hydrogens (tertiary/aromatic N) is 1. The summed E-state index contributed by atoms with van der Waals surface area (Å²) in [6.45, 7) is 0. The van der Waals surface area contributed by atoms with Crippen LogP contribution in [0.15, 0.2) is 34.9 Å². The fourth-order valence-electron chi connectivity index (χ4n) is 1.09. The Morgan fingerprint density at radius 3 is 2.83 bits per heavy atom. The van der Waals surface area contributed by atoms with E-state index in [2.05, 4.69) is 61.7 Å². The Kier molecular flexibility index (Phi) is 2.32. The second-order valence-electron chi connectivity index (χ2n) is 2.45. The minimum atomic E-state index is 0.888. The van der Waals surface area contributed by atoms with Gasteiger partial charge in [0, 0.05) is 8.96 Å². The van der Waals surface area contributed by atoms with Gasteiger partial charge in [0.2, 0.25) is 0 Å². The molecule has 0 radical (unpaired) electrons. The predicted octanol–water partition coefficient (Wildman–Crippen LogP) is 3.60. The van der Waals surface area contributed by atoms with Gasteiger partial charge in [-0.05, 0) is 50.7 Å². The number of halogens is 2. The molecule has 12 heavy (non-hydrogen) atoms. The monoisotopic (exact) mass is 333 g/mol. The van der Waals surface area contributed by atoms with Crippen LogP contribution in [0.2, 0.25) is 0 Å². The van der Waals surface area contributed by atoms with Gasteiger partial charge in [-0.25, -0.2) is 4.98 Å². The van der Waals surface area contributed by atoms with Crippen molar-refractivity contribution in [2.24, 2.45) is 0 Å². The van der Waals surface area contributed by atoms with Gasteiger partial charge in [0.1, 0.15) is 4.60 Å². The molecule has 2 rings (SSSR count). The van der Waals surface area contributed by atoms with Crippen LogP contribution in [0.4, 0.5) is 0 Å². The summed E-state index contributed by atoms with van der Waals surface area (Å²) in [5, 5.41) is 1.19. The summed E-state index contributed by atoms with van der Waals surface area (Å²) >= 11 is 5.64. The molecule has 0 fully saturated rings. The number of benzene rings is 1. The first-order valence-electron chi connectivity index (χ1n) is 3.48. The molecule has 1 aromatic heterocycles. The summed E-state index contributed by atoms with van der Waals surface area (Å²) < 4.78 is 2.07. The molecule has 0 aliphatic heterocycles. The summed E-state index contributed by atoms with van der Waals surface area (Å²) in [4.78, 5) is 4.38. The molecule has 60 valence electrons. The average Bonchev–Trinajstić information content (AvgIpc) is 2.07. The van der Waals surface area contributed by atoms with Gasteiger partial charge in [-0.3, -0.25) is 0 Å². The van der Waals surface area contributed by atoms with Gasteiger partial charge in [0.15, 0.2) is 0 Å². The highest BCUT2D eigenvalue weighted by atomic mass is 127. The first-order chi connectivity index (χ1) is 5.77. The Balaban J connectivity index is 2.88. The van der Waals surface area contributed by atoms with Crippen molar-refractivity contribution in [1.29, 1.82) is 0 Å². The summed E-state index contributed by atoms with van der Waals surface area (Å²) in [5.41, 5.74) is 1.06. The first-order valence-corrected chi connectivity index (χ1v) is 5.35. The Labute approximate surface area is 92.5 Å². The molecule has 0 bridgehead atoms. The van der Waals surface area contributed by atoms with Crippen LogP contribution in [0.5, 0.6) is 0 Å². The highest BCUT2D eigenvalue weighted by Crippen LogP contribution is 2.20. The van der Waals surface area contributed by atoms with Gasteiger partial charge in [-0.2, -0.15) is 0 Å². The number of para-hydroxylation sites is 1. The summed E-state index contributed by atoms with van der Waals surface area (Å²) in [6.07, 6.45) is 0. The Morgan fingerprint density at radius 1 is 1.17 bits per heavy atom. The van der Waals surface area contributed by atoms with E-state index in [0.29, 0.717) is 0 Å². The molecule has 1 heterocycles. The largest absolute Gasteiger partial charge is 0.240 e. The lowest BCUT2D eigenvalue weighted by Gasteiger charge is -1.98. The lowest BCUT2D eigenvalue weighted by atomic mass is 10.2. The predicted molar refractivity (Wildman–Crippen MR) is 62.2 cm³/mol. The number of rotatable bonds is 0. The summed E-state index contributed by atoms with van der Waals surface area (Å²) in [5.74, 6) is 0. The third-order valence-electron chi connectivity index (χ3n) is 1.64.